The average Bonchev–Trinajstić information content (AvgIpc) is 3.21. The molecule has 2 aromatic heterocycles. The summed E-state index contributed by atoms with van der Waals surface area (Å²) in [6.07, 6.45) is 6.55. The molecule has 1 unspecified atom stereocenters. The number of hydrogen-bond donors (Lipinski definition) is 1. The second-order valence-electron chi connectivity index (χ2n) is 7.73. The van der Waals surface area contributed by atoms with E-state index in [0.717, 1.165) is 24.8 Å². The molecule has 27 heavy (non-hydrogen) atoms. The van der Waals surface area contributed by atoms with Gasteiger partial charge >= 0.3 is 0 Å². The minimum Gasteiger partial charge on any atom is -0.361 e. The van der Waals surface area contributed by atoms with Crippen molar-refractivity contribution in [2.24, 2.45) is 11.3 Å². The van der Waals surface area contributed by atoms with Crippen LogP contribution in [0.1, 0.15) is 46.6 Å². The maximum absolute atomic E-state index is 13.0. The van der Waals surface area contributed by atoms with Crippen molar-refractivity contribution in [1.29, 1.82) is 0 Å². The van der Waals surface area contributed by atoms with Crippen LogP contribution in [0.2, 0.25) is 0 Å². The quantitative estimate of drug-likeness (QED) is 0.894. The third-order valence-electron chi connectivity index (χ3n) is 6.04. The van der Waals surface area contributed by atoms with Gasteiger partial charge in [0.25, 0.3) is 5.91 Å². The number of carbonyl (C=O) groups excluding carboxylic acids is 2. The SMILES string of the molecule is Cc1noc(C)c1C(=O)N1CC(C(=O)NCc2cccnc2)C2(CCC2)C1. The lowest BCUT2D eigenvalue weighted by molar-refractivity contribution is -0.129. The second-order valence-corrected chi connectivity index (χ2v) is 7.73. The summed E-state index contributed by atoms with van der Waals surface area (Å²) in [6.45, 7) is 5.05. The van der Waals surface area contributed by atoms with Crippen molar-refractivity contribution in [2.45, 2.75) is 39.7 Å². The molecule has 3 heterocycles. The Bertz CT molecular complexity index is 838. The first kappa shape index (κ1) is 17.7. The van der Waals surface area contributed by atoms with E-state index in [-0.39, 0.29) is 23.1 Å². The van der Waals surface area contributed by atoms with Gasteiger partial charge in [-0.05, 0) is 38.3 Å². The molecule has 1 saturated heterocycles. The Kier molecular flexibility index (Phi) is 4.45. The lowest BCUT2D eigenvalue weighted by atomic mass is 9.62. The normalized spacial score (nSPS) is 20.5. The molecule has 1 N–H and O–H groups in total. The van der Waals surface area contributed by atoms with Crippen LogP contribution in [-0.2, 0) is 11.3 Å². The molecule has 7 nitrogen and oxygen atoms in total. The Morgan fingerprint density at radius 2 is 2.19 bits per heavy atom. The molecule has 1 saturated carbocycles. The van der Waals surface area contributed by atoms with E-state index < -0.39 is 0 Å². The summed E-state index contributed by atoms with van der Waals surface area (Å²) in [5.74, 6) is 0.296. The van der Waals surface area contributed by atoms with Crippen molar-refractivity contribution in [3.63, 3.8) is 0 Å². The molecule has 1 aliphatic heterocycles. The van der Waals surface area contributed by atoms with Crippen LogP contribution < -0.4 is 5.32 Å². The van der Waals surface area contributed by atoms with Gasteiger partial charge in [-0.3, -0.25) is 14.6 Å². The highest BCUT2D eigenvalue weighted by atomic mass is 16.5. The first-order valence-corrected chi connectivity index (χ1v) is 9.39. The summed E-state index contributed by atoms with van der Waals surface area (Å²) in [5.41, 5.74) is 2.01. The van der Waals surface area contributed by atoms with Crippen molar-refractivity contribution >= 4 is 11.8 Å². The lowest BCUT2D eigenvalue weighted by Gasteiger charge is -2.41. The summed E-state index contributed by atoms with van der Waals surface area (Å²) < 4.78 is 5.15. The number of likely N-dealkylation sites (tertiary alicyclic amines) is 1. The molecule has 7 heteroatoms. The summed E-state index contributed by atoms with van der Waals surface area (Å²) in [7, 11) is 0. The van der Waals surface area contributed by atoms with Crippen LogP contribution in [0.3, 0.4) is 0 Å². The highest BCUT2D eigenvalue weighted by Gasteiger charge is 2.54. The van der Waals surface area contributed by atoms with E-state index in [4.69, 9.17) is 4.52 Å². The molecule has 2 aliphatic rings. The Labute approximate surface area is 158 Å². The van der Waals surface area contributed by atoms with Gasteiger partial charge in [-0.15, -0.1) is 0 Å². The predicted molar refractivity (Wildman–Crippen MR) is 97.7 cm³/mol. The zero-order chi connectivity index (χ0) is 19.0. The summed E-state index contributed by atoms with van der Waals surface area (Å²) >= 11 is 0. The molecule has 0 bridgehead atoms. The number of amides is 2. The number of aryl methyl sites for hydroxylation is 2. The molecule has 2 amide bonds. The monoisotopic (exact) mass is 368 g/mol. The van der Waals surface area contributed by atoms with Gasteiger partial charge in [0.2, 0.25) is 5.91 Å². The minimum atomic E-state index is -0.174. The smallest absolute Gasteiger partial charge is 0.259 e. The maximum Gasteiger partial charge on any atom is 0.259 e. The Hall–Kier alpha value is -2.70. The first-order valence-electron chi connectivity index (χ1n) is 9.39. The molecule has 0 aromatic carbocycles. The van der Waals surface area contributed by atoms with Gasteiger partial charge in [-0.1, -0.05) is 17.6 Å². The standard InChI is InChI=1S/C20H24N4O3/c1-13-17(14(2)27-23-13)19(26)24-11-16(20(12-24)6-4-7-20)18(25)22-10-15-5-3-8-21-9-15/h3,5,8-9,16H,4,6-7,10-12H2,1-2H3,(H,22,25). The van der Waals surface area contributed by atoms with Crippen LogP contribution in [-0.4, -0.2) is 39.9 Å². The lowest BCUT2D eigenvalue weighted by Crippen LogP contribution is -2.45. The van der Waals surface area contributed by atoms with Crippen molar-refractivity contribution < 1.29 is 14.1 Å². The number of rotatable bonds is 4. The zero-order valence-electron chi connectivity index (χ0n) is 15.7. The summed E-state index contributed by atoms with van der Waals surface area (Å²) in [5, 5.41) is 6.92. The highest BCUT2D eigenvalue weighted by Crippen LogP contribution is 2.52. The molecule has 1 aliphatic carbocycles. The molecular formula is C20H24N4O3. The third kappa shape index (κ3) is 3.11. The number of aromatic nitrogens is 2. The van der Waals surface area contributed by atoms with Gasteiger partial charge in [0, 0.05) is 37.4 Å². The molecular weight excluding hydrogens is 344 g/mol. The molecule has 1 spiro atoms. The van der Waals surface area contributed by atoms with E-state index in [1.54, 1.807) is 31.1 Å². The summed E-state index contributed by atoms with van der Waals surface area (Å²) in [4.78, 5) is 31.8. The number of nitrogens with one attached hydrogen (secondary N) is 1. The van der Waals surface area contributed by atoms with Crippen LogP contribution in [0.4, 0.5) is 0 Å². The third-order valence-corrected chi connectivity index (χ3v) is 6.04. The molecule has 2 aromatic rings. The molecule has 142 valence electrons. The van der Waals surface area contributed by atoms with Crippen LogP contribution in [0.25, 0.3) is 0 Å². The van der Waals surface area contributed by atoms with Crippen LogP contribution in [0, 0.1) is 25.2 Å². The van der Waals surface area contributed by atoms with E-state index in [2.05, 4.69) is 15.5 Å². The van der Waals surface area contributed by atoms with E-state index in [9.17, 15) is 9.59 Å². The molecule has 2 fully saturated rings. The van der Waals surface area contributed by atoms with E-state index in [1.165, 1.54) is 0 Å². The largest absolute Gasteiger partial charge is 0.361 e. The fraction of sp³-hybridized carbons (Fsp3) is 0.500. The first-order chi connectivity index (χ1) is 13.0. The molecule has 1 atom stereocenters. The van der Waals surface area contributed by atoms with Crippen molar-refractivity contribution in [2.75, 3.05) is 13.1 Å². The van der Waals surface area contributed by atoms with E-state index in [1.807, 2.05) is 12.1 Å². The van der Waals surface area contributed by atoms with Gasteiger partial charge in [-0.25, -0.2) is 0 Å². The Morgan fingerprint density at radius 1 is 1.37 bits per heavy atom. The Morgan fingerprint density at radius 3 is 2.78 bits per heavy atom. The fourth-order valence-corrected chi connectivity index (χ4v) is 4.38. The van der Waals surface area contributed by atoms with Gasteiger partial charge < -0.3 is 14.7 Å². The van der Waals surface area contributed by atoms with E-state index >= 15 is 0 Å². The number of pyridine rings is 1. The molecule has 4 rings (SSSR count). The van der Waals surface area contributed by atoms with Crippen molar-refractivity contribution in [3.8, 4) is 0 Å². The summed E-state index contributed by atoms with van der Waals surface area (Å²) in [6, 6.07) is 3.79. The van der Waals surface area contributed by atoms with Crippen LogP contribution in [0.15, 0.2) is 29.0 Å². The second kappa shape index (κ2) is 6.79. The molecule has 0 radical (unpaired) electrons. The van der Waals surface area contributed by atoms with Gasteiger partial charge in [0.1, 0.15) is 11.3 Å². The zero-order valence-corrected chi connectivity index (χ0v) is 15.7. The van der Waals surface area contributed by atoms with Gasteiger partial charge in [0.15, 0.2) is 0 Å². The highest BCUT2D eigenvalue weighted by molar-refractivity contribution is 5.97. The minimum absolute atomic E-state index is 0.0209. The van der Waals surface area contributed by atoms with E-state index in [0.29, 0.717) is 36.7 Å². The Balaban J connectivity index is 1.48. The topological polar surface area (TPSA) is 88.3 Å². The van der Waals surface area contributed by atoms with Crippen molar-refractivity contribution in [1.82, 2.24) is 20.4 Å². The average molecular weight is 368 g/mol. The fourth-order valence-electron chi connectivity index (χ4n) is 4.38. The van der Waals surface area contributed by atoms with Crippen molar-refractivity contribution in [3.05, 3.63) is 47.1 Å². The van der Waals surface area contributed by atoms with Gasteiger partial charge in [0.05, 0.1) is 11.6 Å². The number of nitrogens with zero attached hydrogens (tertiary/aromatic N) is 3. The number of carbonyl (C=O) groups is 2. The number of hydrogen-bond acceptors (Lipinski definition) is 5. The van der Waals surface area contributed by atoms with Crippen LogP contribution in [0.5, 0.6) is 0 Å². The maximum atomic E-state index is 13.0. The predicted octanol–water partition coefficient (Wildman–Crippen LogP) is 2.25. The van der Waals surface area contributed by atoms with Crippen LogP contribution >= 0.6 is 0 Å². The van der Waals surface area contributed by atoms with Gasteiger partial charge in [-0.2, -0.15) is 0 Å².